The molecule has 10 heavy (non-hydrogen) atoms. The zero-order chi connectivity index (χ0) is 6.27. The summed E-state index contributed by atoms with van der Waals surface area (Å²) < 4.78 is 0. The zero-order valence-electron chi connectivity index (χ0n) is 5.85. The molecule has 0 spiro atoms. The molecule has 50 valence electrons. The Hall–Kier alpha value is 0.453. The Balaban J connectivity index is 0.000000500. The van der Waals surface area contributed by atoms with E-state index in [1.165, 1.54) is 21.8 Å². The minimum absolute atomic E-state index is 0. The summed E-state index contributed by atoms with van der Waals surface area (Å²) in [5, 5.41) is 0. The number of thioether (sulfide) groups is 1. The summed E-state index contributed by atoms with van der Waals surface area (Å²) in [6.07, 6.45) is 6.78. The molecular formula is C8H8SZr. The van der Waals surface area contributed by atoms with E-state index in [9.17, 15) is 0 Å². The summed E-state index contributed by atoms with van der Waals surface area (Å²) in [6.45, 7) is 2.15. The molecule has 0 N–H and O–H groups in total. The normalized spacial score (nSPS) is 20.7. The summed E-state index contributed by atoms with van der Waals surface area (Å²) in [5.74, 6) is 1.17. The van der Waals surface area contributed by atoms with Crippen LogP contribution in [0.2, 0.25) is 0 Å². The number of hydrogen-bond donors (Lipinski definition) is 0. The molecule has 0 atom stereocenters. The van der Waals surface area contributed by atoms with Gasteiger partial charge in [0.25, 0.3) is 0 Å². The Morgan fingerprint density at radius 1 is 1.40 bits per heavy atom. The molecule has 0 aromatic carbocycles. The van der Waals surface area contributed by atoms with Gasteiger partial charge in [0.2, 0.25) is 0 Å². The maximum atomic E-state index is 2.28. The van der Waals surface area contributed by atoms with Crippen molar-refractivity contribution in [1.82, 2.24) is 0 Å². The van der Waals surface area contributed by atoms with Gasteiger partial charge < -0.3 is 0 Å². The second-order valence-electron chi connectivity index (χ2n) is 2.37. The number of hydrogen-bond acceptors (Lipinski definition) is 1. The van der Waals surface area contributed by atoms with Crippen molar-refractivity contribution < 1.29 is 26.2 Å². The predicted molar refractivity (Wildman–Crippen MR) is 42.4 cm³/mol. The molecule has 0 aromatic rings. The van der Waals surface area contributed by atoms with Crippen molar-refractivity contribution in [3.8, 4) is 0 Å². The van der Waals surface area contributed by atoms with Crippen LogP contribution in [0.5, 0.6) is 0 Å². The van der Waals surface area contributed by atoms with Crippen LogP contribution in [-0.4, -0.2) is 5.75 Å². The SMILES string of the molecule is CC1=CC2=CCSC2=C1.[Zr]. The van der Waals surface area contributed by atoms with Crippen LogP contribution in [0.1, 0.15) is 6.92 Å². The topological polar surface area (TPSA) is 0 Å². The standard InChI is InChI=1S/C8H8S.Zr/c1-6-4-7-2-3-9-8(7)5-6;/h2,4-5H,3H2,1H3;. The van der Waals surface area contributed by atoms with Crippen LogP contribution in [0.25, 0.3) is 0 Å². The molecule has 1 heterocycles. The molecule has 1 aliphatic heterocycles. The first-order chi connectivity index (χ1) is 4.36. The van der Waals surface area contributed by atoms with E-state index < -0.39 is 0 Å². The van der Waals surface area contributed by atoms with E-state index in [0.29, 0.717) is 0 Å². The molecule has 0 aromatic heterocycles. The van der Waals surface area contributed by atoms with E-state index in [0.717, 1.165) is 0 Å². The Bertz CT molecular complexity index is 236. The molecule has 0 unspecified atom stereocenters. The Labute approximate surface area is 84.6 Å². The molecule has 0 saturated heterocycles. The fourth-order valence-electron chi connectivity index (χ4n) is 1.15. The van der Waals surface area contributed by atoms with E-state index in [2.05, 4.69) is 25.2 Å². The minimum Gasteiger partial charge on any atom is -0.121 e. The molecule has 0 saturated carbocycles. The van der Waals surface area contributed by atoms with E-state index in [1.807, 2.05) is 11.8 Å². The molecular weight excluding hydrogens is 219 g/mol. The van der Waals surface area contributed by atoms with E-state index >= 15 is 0 Å². The second-order valence-corrected chi connectivity index (χ2v) is 3.43. The van der Waals surface area contributed by atoms with Crippen molar-refractivity contribution in [2.75, 3.05) is 5.75 Å². The van der Waals surface area contributed by atoms with Crippen molar-refractivity contribution in [2.24, 2.45) is 0 Å². The van der Waals surface area contributed by atoms with Crippen molar-refractivity contribution in [1.29, 1.82) is 0 Å². The van der Waals surface area contributed by atoms with Crippen LogP contribution in [0.3, 0.4) is 0 Å². The molecule has 0 fully saturated rings. The monoisotopic (exact) mass is 226 g/mol. The average Bonchev–Trinajstić information content (AvgIpc) is 2.22. The number of fused-ring (bicyclic) bond motifs is 1. The van der Waals surface area contributed by atoms with Crippen molar-refractivity contribution >= 4 is 11.8 Å². The van der Waals surface area contributed by atoms with Crippen LogP contribution in [0.15, 0.2) is 34.3 Å². The molecule has 2 heteroatoms. The number of rotatable bonds is 0. The summed E-state index contributed by atoms with van der Waals surface area (Å²) in [6, 6.07) is 0. The predicted octanol–water partition coefficient (Wildman–Crippen LogP) is 2.50. The van der Waals surface area contributed by atoms with Gasteiger partial charge in [0.15, 0.2) is 0 Å². The van der Waals surface area contributed by atoms with E-state index in [1.54, 1.807) is 0 Å². The smallest absolute Gasteiger partial charge is 0.0170 e. The first-order valence-corrected chi connectivity index (χ1v) is 4.08. The quantitative estimate of drug-likeness (QED) is 0.613. The Kier molecular flexibility index (Phi) is 2.76. The third-order valence-electron chi connectivity index (χ3n) is 1.57. The van der Waals surface area contributed by atoms with Crippen LogP contribution in [0, 0.1) is 0 Å². The zero-order valence-corrected chi connectivity index (χ0v) is 9.12. The summed E-state index contributed by atoms with van der Waals surface area (Å²) >= 11 is 1.93. The van der Waals surface area contributed by atoms with Gasteiger partial charge in [-0.3, -0.25) is 0 Å². The van der Waals surface area contributed by atoms with Gasteiger partial charge in [-0.15, -0.1) is 11.8 Å². The van der Waals surface area contributed by atoms with Crippen LogP contribution in [0.4, 0.5) is 0 Å². The van der Waals surface area contributed by atoms with Gasteiger partial charge in [-0.2, -0.15) is 0 Å². The van der Waals surface area contributed by atoms with Crippen LogP contribution < -0.4 is 0 Å². The first-order valence-electron chi connectivity index (χ1n) is 3.09. The molecule has 0 bridgehead atoms. The average molecular weight is 227 g/mol. The van der Waals surface area contributed by atoms with Crippen molar-refractivity contribution in [3.63, 3.8) is 0 Å². The summed E-state index contributed by atoms with van der Waals surface area (Å²) in [5.41, 5.74) is 2.83. The fraction of sp³-hybridized carbons (Fsp3) is 0.250. The van der Waals surface area contributed by atoms with Gasteiger partial charge in [0.1, 0.15) is 0 Å². The molecule has 2 aliphatic rings. The van der Waals surface area contributed by atoms with Gasteiger partial charge in [-0.25, -0.2) is 0 Å². The molecule has 2 rings (SSSR count). The fourth-order valence-corrected chi connectivity index (χ4v) is 2.17. The molecule has 0 nitrogen and oxygen atoms in total. The Morgan fingerprint density at radius 3 is 2.90 bits per heavy atom. The third-order valence-corrected chi connectivity index (χ3v) is 2.57. The van der Waals surface area contributed by atoms with Gasteiger partial charge >= 0.3 is 0 Å². The van der Waals surface area contributed by atoms with Crippen molar-refractivity contribution in [2.45, 2.75) is 6.92 Å². The summed E-state index contributed by atoms with van der Waals surface area (Å²) in [4.78, 5) is 1.47. The molecule has 1 aliphatic carbocycles. The van der Waals surface area contributed by atoms with E-state index in [4.69, 9.17) is 0 Å². The van der Waals surface area contributed by atoms with Crippen LogP contribution >= 0.6 is 11.8 Å². The summed E-state index contributed by atoms with van der Waals surface area (Å²) in [7, 11) is 0. The van der Waals surface area contributed by atoms with Gasteiger partial charge in [-0.05, 0) is 24.1 Å². The number of allylic oxidation sites excluding steroid dienone is 4. The van der Waals surface area contributed by atoms with Crippen LogP contribution in [-0.2, 0) is 26.2 Å². The maximum absolute atomic E-state index is 2.28. The molecule has 0 amide bonds. The first kappa shape index (κ1) is 8.55. The maximum Gasteiger partial charge on any atom is 0.0170 e. The van der Waals surface area contributed by atoms with Gasteiger partial charge in [-0.1, -0.05) is 12.2 Å². The minimum atomic E-state index is 0. The largest absolute Gasteiger partial charge is 0.121 e. The Morgan fingerprint density at radius 2 is 2.20 bits per heavy atom. The second kappa shape index (κ2) is 3.23. The van der Waals surface area contributed by atoms with Gasteiger partial charge in [0, 0.05) is 36.9 Å². The van der Waals surface area contributed by atoms with Crippen molar-refractivity contribution in [3.05, 3.63) is 34.3 Å². The molecule has 0 radical (unpaired) electrons. The van der Waals surface area contributed by atoms with E-state index in [-0.39, 0.29) is 26.2 Å². The van der Waals surface area contributed by atoms with Gasteiger partial charge in [0.05, 0.1) is 0 Å². The third kappa shape index (κ3) is 1.38.